The second-order valence-electron chi connectivity index (χ2n) is 10.5. The van der Waals surface area contributed by atoms with Gasteiger partial charge in [-0.2, -0.15) is 0 Å². The zero-order valence-electron chi connectivity index (χ0n) is 19.2. The molecule has 0 saturated carbocycles. The first-order valence-electron chi connectivity index (χ1n) is 10.6. The Morgan fingerprint density at radius 3 is 2.29 bits per heavy atom. The Hall–Kier alpha value is -2.61. The van der Waals surface area contributed by atoms with Crippen molar-refractivity contribution in [2.45, 2.75) is 71.2 Å². The predicted octanol–water partition coefficient (Wildman–Crippen LogP) is 2.70. The lowest BCUT2D eigenvalue weighted by atomic mass is 9.86. The minimum atomic E-state index is -0.998. The molecule has 2 amide bonds. The van der Waals surface area contributed by atoms with Crippen LogP contribution < -0.4 is 10.6 Å². The van der Waals surface area contributed by atoms with Crippen LogP contribution in [0.25, 0.3) is 0 Å². The molecule has 1 aromatic rings. The van der Waals surface area contributed by atoms with E-state index in [9.17, 15) is 14.4 Å². The third-order valence-electron chi connectivity index (χ3n) is 5.60. The lowest BCUT2D eigenvalue weighted by Crippen LogP contribution is -2.54. The number of carbonyl (C=O) groups excluding carboxylic acids is 3. The highest BCUT2D eigenvalue weighted by Gasteiger charge is 2.58. The number of likely N-dealkylation sites (tertiary alicyclic amines) is 1. The van der Waals surface area contributed by atoms with Gasteiger partial charge in [0.05, 0.1) is 19.1 Å². The van der Waals surface area contributed by atoms with Crippen molar-refractivity contribution in [2.75, 3.05) is 18.0 Å². The van der Waals surface area contributed by atoms with E-state index in [0.717, 1.165) is 0 Å². The van der Waals surface area contributed by atoms with Gasteiger partial charge in [0, 0.05) is 12.1 Å². The van der Waals surface area contributed by atoms with Gasteiger partial charge < -0.3 is 20.1 Å². The summed E-state index contributed by atoms with van der Waals surface area (Å²) in [7, 11) is 0. The first kappa shape index (κ1) is 23.1. The molecule has 2 aliphatic rings. The molecule has 0 bridgehead atoms. The number of hydrogen-bond donors (Lipinski definition) is 1. The molecular weight excluding hydrogens is 398 g/mol. The van der Waals surface area contributed by atoms with Gasteiger partial charge in [0.15, 0.2) is 5.60 Å². The largest absolute Gasteiger partial charge is 0.458 e. The number of rotatable bonds is 3. The third-order valence-corrected chi connectivity index (χ3v) is 5.60. The maximum atomic E-state index is 13.3. The van der Waals surface area contributed by atoms with E-state index in [-0.39, 0.29) is 25.4 Å². The Morgan fingerprint density at radius 1 is 1.13 bits per heavy atom. The number of hydrogen-bond acceptors (Lipinski definition) is 6. The minimum Gasteiger partial charge on any atom is -0.458 e. The van der Waals surface area contributed by atoms with Crippen LogP contribution in [-0.4, -0.2) is 59.2 Å². The van der Waals surface area contributed by atoms with Crippen molar-refractivity contribution < 1.29 is 23.9 Å². The van der Waals surface area contributed by atoms with Crippen LogP contribution in [0, 0.1) is 5.41 Å². The molecule has 3 atom stereocenters. The Labute approximate surface area is 183 Å². The zero-order chi connectivity index (χ0) is 23.2. The lowest BCUT2D eigenvalue weighted by molar-refractivity contribution is -0.163. The summed E-state index contributed by atoms with van der Waals surface area (Å²) in [4.78, 5) is 41.9. The summed E-state index contributed by atoms with van der Waals surface area (Å²) in [5.74, 6) is -0.873. The second kappa shape index (κ2) is 7.82. The summed E-state index contributed by atoms with van der Waals surface area (Å²) in [6.07, 6.45) is -0.330. The highest BCUT2D eigenvalue weighted by molar-refractivity contribution is 5.92. The molecule has 170 valence electrons. The van der Waals surface area contributed by atoms with Crippen LogP contribution in [0.1, 0.15) is 48.0 Å². The summed E-state index contributed by atoms with van der Waals surface area (Å²) >= 11 is 0. The Kier molecular flexibility index (Phi) is 5.82. The SMILES string of the molecule is CC(C)(C)OC(=O)[C@@H]1C[C@@]2(CN(c3ccccc3)C(=O)O2)CN1C(=O)C(N)C(C)(C)C. The Morgan fingerprint density at radius 2 is 1.74 bits per heavy atom. The number of carbonyl (C=O) groups is 3. The molecule has 1 aromatic carbocycles. The van der Waals surface area contributed by atoms with Crippen LogP contribution in [0.5, 0.6) is 0 Å². The molecule has 2 saturated heterocycles. The molecule has 2 N–H and O–H groups in total. The molecule has 1 unspecified atom stereocenters. The first-order chi connectivity index (χ1) is 14.2. The molecule has 2 aliphatic heterocycles. The number of para-hydroxylation sites is 1. The third kappa shape index (κ3) is 4.84. The molecule has 1 spiro atoms. The van der Waals surface area contributed by atoms with E-state index >= 15 is 0 Å². The van der Waals surface area contributed by atoms with E-state index in [0.29, 0.717) is 5.69 Å². The van der Waals surface area contributed by atoms with Gasteiger partial charge in [0.1, 0.15) is 11.6 Å². The van der Waals surface area contributed by atoms with Crippen LogP contribution in [0.4, 0.5) is 10.5 Å². The van der Waals surface area contributed by atoms with Gasteiger partial charge in [-0.15, -0.1) is 0 Å². The number of nitrogens with zero attached hydrogens (tertiary/aromatic N) is 2. The smallest absolute Gasteiger partial charge is 0.415 e. The Bertz CT molecular complexity index is 858. The summed E-state index contributed by atoms with van der Waals surface area (Å²) in [6, 6.07) is 7.49. The van der Waals surface area contributed by atoms with Crippen LogP contribution in [0.2, 0.25) is 0 Å². The zero-order valence-corrected chi connectivity index (χ0v) is 19.2. The number of amides is 2. The molecule has 2 fully saturated rings. The number of anilines is 1. The van der Waals surface area contributed by atoms with E-state index < -0.39 is 40.8 Å². The van der Waals surface area contributed by atoms with Gasteiger partial charge in [-0.25, -0.2) is 9.59 Å². The van der Waals surface area contributed by atoms with Crippen molar-refractivity contribution >= 4 is 23.7 Å². The summed E-state index contributed by atoms with van der Waals surface area (Å²) in [5, 5.41) is 0. The monoisotopic (exact) mass is 431 g/mol. The highest BCUT2D eigenvalue weighted by Crippen LogP contribution is 2.39. The quantitative estimate of drug-likeness (QED) is 0.739. The lowest BCUT2D eigenvalue weighted by Gasteiger charge is -2.33. The topological polar surface area (TPSA) is 102 Å². The first-order valence-corrected chi connectivity index (χ1v) is 10.6. The average Bonchev–Trinajstić information content (AvgIpc) is 3.19. The molecular formula is C23H33N3O5. The maximum absolute atomic E-state index is 13.3. The Balaban J connectivity index is 1.90. The summed E-state index contributed by atoms with van der Waals surface area (Å²) < 4.78 is 11.4. The van der Waals surface area contributed by atoms with Gasteiger partial charge in [-0.1, -0.05) is 39.0 Å². The fraction of sp³-hybridized carbons (Fsp3) is 0.609. The van der Waals surface area contributed by atoms with Crippen molar-refractivity contribution in [3.05, 3.63) is 30.3 Å². The van der Waals surface area contributed by atoms with Crippen LogP contribution >= 0.6 is 0 Å². The van der Waals surface area contributed by atoms with Crippen LogP contribution in [-0.2, 0) is 19.1 Å². The fourth-order valence-electron chi connectivity index (χ4n) is 3.93. The van der Waals surface area contributed by atoms with Gasteiger partial charge >= 0.3 is 12.1 Å². The predicted molar refractivity (Wildman–Crippen MR) is 116 cm³/mol. The molecule has 0 aromatic heterocycles. The maximum Gasteiger partial charge on any atom is 0.415 e. The number of esters is 1. The number of ether oxygens (including phenoxy) is 2. The average molecular weight is 432 g/mol. The van der Waals surface area contributed by atoms with E-state index in [1.807, 2.05) is 51.1 Å². The van der Waals surface area contributed by atoms with E-state index in [1.165, 1.54) is 9.80 Å². The van der Waals surface area contributed by atoms with E-state index in [1.54, 1.807) is 20.8 Å². The number of benzene rings is 1. The van der Waals surface area contributed by atoms with Crippen LogP contribution in [0.3, 0.4) is 0 Å². The second-order valence-corrected chi connectivity index (χ2v) is 10.5. The molecule has 8 heteroatoms. The van der Waals surface area contributed by atoms with Crippen molar-refractivity contribution in [3.8, 4) is 0 Å². The highest BCUT2D eigenvalue weighted by atomic mass is 16.6. The van der Waals surface area contributed by atoms with Crippen molar-refractivity contribution in [1.82, 2.24) is 4.90 Å². The van der Waals surface area contributed by atoms with Crippen molar-refractivity contribution in [2.24, 2.45) is 11.1 Å². The fourth-order valence-corrected chi connectivity index (χ4v) is 3.93. The van der Waals surface area contributed by atoms with Gasteiger partial charge in [-0.05, 0) is 38.3 Å². The summed E-state index contributed by atoms with van der Waals surface area (Å²) in [6.45, 7) is 11.3. The van der Waals surface area contributed by atoms with Gasteiger partial charge in [0.25, 0.3) is 0 Å². The molecule has 8 nitrogen and oxygen atoms in total. The normalized spacial score (nSPS) is 25.0. The van der Waals surface area contributed by atoms with Gasteiger partial charge in [-0.3, -0.25) is 9.69 Å². The number of nitrogens with two attached hydrogens (primary N) is 1. The van der Waals surface area contributed by atoms with Crippen LogP contribution in [0.15, 0.2) is 30.3 Å². The van der Waals surface area contributed by atoms with Crippen molar-refractivity contribution in [3.63, 3.8) is 0 Å². The molecule has 0 aliphatic carbocycles. The summed E-state index contributed by atoms with van der Waals surface area (Å²) in [5.41, 5.74) is 4.74. The standard InChI is InChI=1S/C23H33N3O5/c1-21(2,3)17(24)18(27)26-14-23(12-16(26)19(28)30-22(4,5)6)13-25(20(29)31-23)15-10-8-7-9-11-15/h7-11,16-17H,12-14,24H2,1-6H3/t16-,17?,23+/m0/s1. The van der Waals surface area contributed by atoms with Gasteiger partial charge in [0.2, 0.25) is 5.91 Å². The molecule has 2 heterocycles. The molecule has 3 rings (SSSR count). The van der Waals surface area contributed by atoms with Crippen molar-refractivity contribution in [1.29, 1.82) is 0 Å². The van der Waals surface area contributed by atoms with E-state index in [2.05, 4.69) is 0 Å². The minimum absolute atomic E-state index is 0.0919. The molecule has 0 radical (unpaired) electrons. The van der Waals surface area contributed by atoms with E-state index in [4.69, 9.17) is 15.2 Å². The molecule has 31 heavy (non-hydrogen) atoms.